The highest BCUT2D eigenvalue weighted by atomic mass is 35.5. The number of fused-ring (bicyclic) bond motifs is 1. The molecule has 0 atom stereocenters. The largest absolute Gasteiger partial charge is 0.356 e. The van der Waals surface area contributed by atoms with E-state index in [4.69, 9.17) is 11.6 Å². The molecule has 126 valence electrons. The monoisotopic (exact) mass is 360 g/mol. The van der Waals surface area contributed by atoms with Crippen LogP contribution in [0.5, 0.6) is 0 Å². The molecular weight excluding hydrogens is 347 g/mol. The average Bonchev–Trinajstić information content (AvgIpc) is 3.04. The second-order valence-corrected chi connectivity index (χ2v) is 6.62. The Morgan fingerprint density at radius 1 is 1.19 bits per heavy atom. The number of benzene rings is 1. The zero-order chi connectivity index (χ0) is 18.1. The van der Waals surface area contributed by atoms with Crippen LogP contribution in [-0.4, -0.2) is 22.4 Å². The standard InChI is InChI=1S/C19H14BClN4O/c21-13-1-3-14(4-2-13)24-18-16-15(5-8-20(11-22)19(16)26)25-17(18)12-6-9-23-10-7-12/h1-4,6-7,9-10,24-25H,5,8H2. The maximum atomic E-state index is 12.8. The molecule has 0 radical (unpaired) electrons. The van der Waals surface area contributed by atoms with Crippen molar-refractivity contribution < 1.29 is 4.79 Å². The Bertz CT molecular complexity index is 1010. The summed E-state index contributed by atoms with van der Waals surface area (Å²) in [4.78, 5) is 20.3. The van der Waals surface area contributed by atoms with E-state index in [9.17, 15) is 10.1 Å². The number of nitrogens with one attached hydrogen (secondary N) is 2. The zero-order valence-electron chi connectivity index (χ0n) is 13.8. The minimum Gasteiger partial charge on any atom is -0.356 e. The fourth-order valence-corrected chi connectivity index (χ4v) is 3.39. The highest BCUT2D eigenvalue weighted by molar-refractivity contribution is 6.98. The number of carbonyl (C=O) groups excluding carboxylic acids is 1. The molecule has 26 heavy (non-hydrogen) atoms. The molecule has 2 N–H and O–H groups in total. The molecule has 0 saturated carbocycles. The summed E-state index contributed by atoms with van der Waals surface area (Å²) in [6.45, 7) is -0.602. The lowest BCUT2D eigenvalue weighted by molar-refractivity contribution is 0.107. The van der Waals surface area contributed by atoms with Crippen molar-refractivity contribution in [3.8, 4) is 17.2 Å². The molecule has 1 aliphatic rings. The highest BCUT2D eigenvalue weighted by Crippen LogP contribution is 2.38. The van der Waals surface area contributed by atoms with Gasteiger partial charge < -0.3 is 15.1 Å². The van der Waals surface area contributed by atoms with Gasteiger partial charge in [0.15, 0.2) is 0 Å². The third-order valence-corrected chi connectivity index (χ3v) is 4.81. The van der Waals surface area contributed by atoms with Gasteiger partial charge in [-0.2, -0.15) is 0 Å². The van der Waals surface area contributed by atoms with Crippen LogP contribution in [0.25, 0.3) is 11.3 Å². The van der Waals surface area contributed by atoms with E-state index in [1.54, 1.807) is 24.5 Å². The van der Waals surface area contributed by atoms with Crippen LogP contribution in [0, 0.1) is 11.2 Å². The van der Waals surface area contributed by atoms with Crippen LogP contribution >= 0.6 is 11.6 Å². The Kier molecular flexibility index (Phi) is 4.23. The first-order valence-corrected chi connectivity index (χ1v) is 8.67. The van der Waals surface area contributed by atoms with Crippen LogP contribution in [0.15, 0.2) is 48.8 Å². The van der Waals surface area contributed by atoms with Crippen molar-refractivity contribution in [1.29, 1.82) is 5.26 Å². The van der Waals surface area contributed by atoms with Crippen molar-refractivity contribution in [1.82, 2.24) is 9.97 Å². The van der Waals surface area contributed by atoms with E-state index < -0.39 is 6.71 Å². The second kappa shape index (κ2) is 6.70. The fourth-order valence-electron chi connectivity index (χ4n) is 3.27. The first-order chi connectivity index (χ1) is 12.7. The van der Waals surface area contributed by atoms with Crippen LogP contribution < -0.4 is 5.32 Å². The molecule has 0 spiro atoms. The maximum Gasteiger partial charge on any atom is 0.351 e. The predicted molar refractivity (Wildman–Crippen MR) is 103 cm³/mol. The van der Waals surface area contributed by atoms with Crippen molar-refractivity contribution in [3.63, 3.8) is 0 Å². The van der Waals surface area contributed by atoms with Crippen molar-refractivity contribution in [2.45, 2.75) is 12.7 Å². The highest BCUT2D eigenvalue weighted by Gasteiger charge is 2.36. The topological polar surface area (TPSA) is 81.6 Å². The molecule has 2 aromatic heterocycles. The van der Waals surface area contributed by atoms with Crippen LogP contribution in [-0.2, 0) is 6.42 Å². The number of hydrogen-bond donors (Lipinski definition) is 2. The second-order valence-electron chi connectivity index (χ2n) is 6.18. The van der Waals surface area contributed by atoms with Crippen molar-refractivity contribution >= 4 is 35.4 Å². The number of hydrogen-bond acceptors (Lipinski definition) is 4. The first kappa shape index (κ1) is 16.4. The lowest BCUT2D eigenvalue weighted by atomic mass is 9.41. The molecule has 5 nitrogen and oxygen atoms in total. The van der Waals surface area contributed by atoms with E-state index in [1.807, 2.05) is 24.3 Å². The lowest BCUT2D eigenvalue weighted by Gasteiger charge is -2.15. The molecule has 4 rings (SSSR count). The van der Waals surface area contributed by atoms with Crippen LogP contribution in [0.4, 0.5) is 11.4 Å². The molecule has 7 heteroatoms. The van der Waals surface area contributed by atoms with Crippen LogP contribution in [0.2, 0.25) is 11.3 Å². The van der Waals surface area contributed by atoms with Crippen LogP contribution in [0.1, 0.15) is 16.1 Å². The number of nitrogens with zero attached hydrogens (tertiary/aromatic N) is 2. The fraction of sp³-hybridized carbons (Fsp3) is 0.105. The molecule has 3 heterocycles. The molecule has 1 aromatic carbocycles. The molecular formula is C19H14BClN4O. The molecule has 3 aromatic rings. The third kappa shape index (κ3) is 2.87. The smallest absolute Gasteiger partial charge is 0.351 e. The van der Waals surface area contributed by atoms with Gasteiger partial charge in [-0.05, 0) is 49.1 Å². The van der Waals surface area contributed by atoms with Gasteiger partial charge in [-0.15, -0.1) is 0 Å². The molecule has 1 aliphatic heterocycles. The van der Waals surface area contributed by atoms with E-state index in [2.05, 4.69) is 21.3 Å². The quantitative estimate of drug-likeness (QED) is 0.682. The van der Waals surface area contributed by atoms with Gasteiger partial charge in [0, 0.05) is 40.3 Å². The minimum atomic E-state index is -0.602. The Morgan fingerprint density at radius 2 is 1.92 bits per heavy atom. The maximum absolute atomic E-state index is 12.8. The SMILES string of the molecule is N#CB1CCc2[nH]c(-c3ccncc3)c(Nc3ccc(Cl)cc3)c2C1=O. The van der Waals surface area contributed by atoms with Gasteiger partial charge >= 0.3 is 6.71 Å². The molecule has 0 amide bonds. The van der Waals surface area contributed by atoms with E-state index in [-0.39, 0.29) is 5.68 Å². The summed E-state index contributed by atoms with van der Waals surface area (Å²) in [5, 5.41) is 13.3. The molecule has 0 fully saturated rings. The summed E-state index contributed by atoms with van der Waals surface area (Å²) in [6, 6.07) is 11.1. The van der Waals surface area contributed by atoms with Crippen molar-refractivity contribution in [3.05, 3.63) is 65.1 Å². The van der Waals surface area contributed by atoms with Gasteiger partial charge in [0.25, 0.3) is 0 Å². The van der Waals surface area contributed by atoms with E-state index in [0.717, 1.165) is 22.6 Å². The normalized spacial score (nSPS) is 13.2. The summed E-state index contributed by atoms with van der Waals surface area (Å²) in [5.74, 6) is 2.12. The van der Waals surface area contributed by atoms with Crippen molar-refractivity contribution in [2.75, 3.05) is 5.32 Å². The summed E-state index contributed by atoms with van der Waals surface area (Å²) in [7, 11) is 0. The number of nitriles is 1. The summed E-state index contributed by atoms with van der Waals surface area (Å²) in [6.07, 6.45) is 4.63. The van der Waals surface area contributed by atoms with Gasteiger partial charge in [0.2, 0.25) is 0 Å². The van der Waals surface area contributed by atoms with Crippen molar-refractivity contribution in [2.24, 2.45) is 0 Å². The number of rotatable bonds is 3. The minimum absolute atomic E-state index is 0.137. The number of anilines is 2. The molecule has 0 unspecified atom stereocenters. The van der Waals surface area contributed by atoms with E-state index >= 15 is 0 Å². The van der Waals surface area contributed by atoms with Crippen LogP contribution in [0.3, 0.4) is 0 Å². The average molecular weight is 361 g/mol. The Hall–Kier alpha value is -3.04. The number of H-pyrrole nitrogens is 1. The van der Waals surface area contributed by atoms with Gasteiger partial charge in [0.05, 0.1) is 16.9 Å². The molecule has 0 aliphatic carbocycles. The summed E-state index contributed by atoms with van der Waals surface area (Å²) >= 11 is 5.97. The zero-order valence-corrected chi connectivity index (χ0v) is 14.5. The Morgan fingerprint density at radius 3 is 2.62 bits per heavy atom. The van der Waals surface area contributed by atoms with E-state index in [1.165, 1.54) is 0 Å². The number of aromatic nitrogens is 2. The number of aromatic amines is 1. The third-order valence-electron chi connectivity index (χ3n) is 4.56. The number of aryl methyl sites for hydroxylation is 1. The Labute approximate surface area is 156 Å². The van der Waals surface area contributed by atoms with Gasteiger partial charge in [-0.1, -0.05) is 11.6 Å². The first-order valence-electron chi connectivity index (χ1n) is 8.29. The molecule has 0 saturated heterocycles. The number of pyridine rings is 1. The predicted octanol–water partition coefficient (Wildman–Crippen LogP) is 4.31. The van der Waals surface area contributed by atoms with Gasteiger partial charge in [-0.25, -0.2) is 5.26 Å². The number of carbonyl (C=O) groups is 1. The van der Waals surface area contributed by atoms with Gasteiger partial charge in [0.1, 0.15) is 5.68 Å². The number of halogens is 1. The van der Waals surface area contributed by atoms with E-state index in [0.29, 0.717) is 29.0 Å². The Balaban J connectivity index is 1.86. The lowest BCUT2D eigenvalue weighted by Crippen LogP contribution is -2.30. The molecule has 0 bridgehead atoms. The van der Waals surface area contributed by atoms with Gasteiger partial charge in [-0.3, -0.25) is 4.98 Å². The summed E-state index contributed by atoms with van der Waals surface area (Å²) < 4.78 is 0. The summed E-state index contributed by atoms with van der Waals surface area (Å²) in [5.41, 5.74) is 4.56.